The van der Waals surface area contributed by atoms with E-state index in [0.29, 0.717) is 12.0 Å². The topological polar surface area (TPSA) is 72.6 Å². The molecule has 6 heteroatoms. The Bertz CT molecular complexity index is 1220. The monoisotopic (exact) mass is 472 g/mol. The number of carbonyl (C=O) groups is 2. The third-order valence-corrected chi connectivity index (χ3v) is 7.08. The lowest BCUT2D eigenvalue weighted by molar-refractivity contribution is -0.122. The number of hydrogen-bond acceptors (Lipinski definition) is 4. The number of hydrogen-bond donors (Lipinski definition) is 1. The van der Waals surface area contributed by atoms with Crippen LogP contribution in [0.15, 0.2) is 66.7 Å². The number of nitrogens with two attached hydrogens (primary N) is 1. The van der Waals surface area contributed by atoms with E-state index < -0.39 is 23.9 Å². The Morgan fingerprint density at radius 1 is 0.943 bits per heavy atom. The average molecular weight is 473 g/mol. The molecular formula is C29H29FN2O3. The number of halogens is 1. The van der Waals surface area contributed by atoms with Crippen LogP contribution >= 0.6 is 0 Å². The van der Waals surface area contributed by atoms with E-state index in [1.54, 1.807) is 36.4 Å². The second-order valence-corrected chi connectivity index (χ2v) is 9.46. The highest BCUT2D eigenvalue weighted by Crippen LogP contribution is 2.35. The van der Waals surface area contributed by atoms with Crippen molar-refractivity contribution in [3.05, 3.63) is 94.8 Å². The van der Waals surface area contributed by atoms with Gasteiger partial charge in [0.05, 0.1) is 11.5 Å². The summed E-state index contributed by atoms with van der Waals surface area (Å²) in [7, 11) is 0. The first-order valence-corrected chi connectivity index (χ1v) is 12.2. The number of aryl methyl sites for hydroxylation is 1. The fourth-order valence-corrected chi connectivity index (χ4v) is 5.25. The Hall–Kier alpha value is -3.51. The molecule has 1 fully saturated rings. The van der Waals surface area contributed by atoms with Gasteiger partial charge in [0, 0.05) is 6.54 Å². The maximum atomic E-state index is 13.2. The number of nitrogens with zero attached hydrogens (tertiary/aromatic N) is 1. The minimum atomic E-state index is -0.665. The Kier molecular flexibility index (Phi) is 6.64. The Labute approximate surface area is 204 Å². The molecule has 0 aromatic heterocycles. The van der Waals surface area contributed by atoms with Crippen LogP contribution in [0.4, 0.5) is 4.39 Å². The molecule has 3 aromatic carbocycles. The highest BCUT2D eigenvalue weighted by Gasteiger charge is 2.36. The van der Waals surface area contributed by atoms with E-state index in [-0.39, 0.29) is 5.82 Å². The smallest absolute Gasteiger partial charge is 0.338 e. The van der Waals surface area contributed by atoms with Crippen molar-refractivity contribution in [1.29, 1.82) is 0 Å². The molecule has 2 N–H and O–H groups in total. The number of amides is 1. The van der Waals surface area contributed by atoms with Gasteiger partial charge in [0.1, 0.15) is 11.9 Å². The van der Waals surface area contributed by atoms with Gasteiger partial charge in [-0.1, -0.05) is 42.5 Å². The number of rotatable bonds is 6. The van der Waals surface area contributed by atoms with Crippen LogP contribution in [0, 0.1) is 5.82 Å². The summed E-state index contributed by atoms with van der Waals surface area (Å²) in [4.78, 5) is 27.8. The van der Waals surface area contributed by atoms with Crippen molar-refractivity contribution < 1.29 is 18.7 Å². The fourth-order valence-electron chi connectivity index (χ4n) is 5.25. The molecule has 1 amide bonds. The van der Waals surface area contributed by atoms with Crippen molar-refractivity contribution in [1.82, 2.24) is 4.90 Å². The molecule has 5 rings (SSSR count). The van der Waals surface area contributed by atoms with E-state index in [9.17, 15) is 14.0 Å². The van der Waals surface area contributed by atoms with Gasteiger partial charge in [-0.15, -0.1) is 0 Å². The summed E-state index contributed by atoms with van der Waals surface area (Å²) < 4.78 is 19.0. The van der Waals surface area contributed by atoms with Crippen LogP contribution in [0.3, 0.4) is 0 Å². The highest BCUT2D eigenvalue weighted by molar-refractivity contribution is 5.91. The molecule has 1 aliphatic carbocycles. The van der Waals surface area contributed by atoms with Crippen LogP contribution in [-0.2, 0) is 22.5 Å². The first-order chi connectivity index (χ1) is 17.0. The van der Waals surface area contributed by atoms with Crippen LogP contribution in [0.25, 0.3) is 11.1 Å². The van der Waals surface area contributed by atoms with Crippen LogP contribution in [0.1, 0.15) is 52.2 Å². The lowest BCUT2D eigenvalue weighted by Gasteiger charge is -2.32. The Morgan fingerprint density at radius 3 is 2.26 bits per heavy atom. The normalized spacial score (nSPS) is 19.8. The van der Waals surface area contributed by atoms with E-state index in [2.05, 4.69) is 17.0 Å². The molecule has 0 bridgehead atoms. The molecule has 2 unspecified atom stereocenters. The zero-order valence-electron chi connectivity index (χ0n) is 19.6. The van der Waals surface area contributed by atoms with Gasteiger partial charge in [-0.05, 0) is 90.9 Å². The summed E-state index contributed by atoms with van der Waals surface area (Å²) in [6.07, 6.45) is 3.17. The van der Waals surface area contributed by atoms with Gasteiger partial charge in [-0.2, -0.15) is 0 Å². The number of benzene rings is 3. The standard InChI is InChI=1S/C29H29FN2O3/c30-24-11-8-21(9-12-24)20-4-6-22(7-5-20)29(34)35-26-14-10-23-17-19(18-32-15-1-2-16-32)3-13-25(23)27(26)28(31)33/h3-9,11-13,17,26-27H,1-2,10,14-16,18H2,(H2,31,33). The Balaban J connectivity index is 1.29. The molecule has 2 aliphatic rings. The first kappa shape index (κ1) is 23.2. The summed E-state index contributed by atoms with van der Waals surface area (Å²) >= 11 is 0. The molecule has 2 atom stereocenters. The summed E-state index contributed by atoms with van der Waals surface area (Å²) in [6.45, 7) is 3.18. The van der Waals surface area contributed by atoms with Gasteiger partial charge in [0.15, 0.2) is 0 Å². The zero-order chi connectivity index (χ0) is 24.4. The van der Waals surface area contributed by atoms with Gasteiger partial charge in [0.25, 0.3) is 0 Å². The van der Waals surface area contributed by atoms with E-state index in [0.717, 1.165) is 48.3 Å². The predicted octanol–water partition coefficient (Wildman–Crippen LogP) is 4.83. The number of ether oxygens (including phenoxy) is 1. The number of primary amides is 1. The van der Waals surface area contributed by atoms with Crippen LogP contribution in [0.5, 0.6) is 0 Å². The molecule has 1 saturated heterocycles. The molecule has 1 aliphatic heterocycles. The van der Waals surface area contributed by atoms with Crippen molar-refractivity contribution in [2.45, 2.75) is 44.2 Å². The minimum absolute atomic E-state index is 0.296. The fraction of sp³-hybridized carbons (Fsp3) is 0.310. The zero-order valence-corrected chi connectivity index (χ0v) is 19.6. The first-order valence-electron chi connectivity index (χ1n) is 12.2. The second kappa shape index (κ2) is 10.0. The molecule has 35 heavy (non-hydrogen) atoms. The largest absolute Gasteiger partial charge is 0.458 e. The molecule has 5 nitrogen and oxygen atoms in total. The van der Waals surface area contributed by atoms with Gasteiger partial charge >= 0.3 is 5.97 Å². The van der Waals surface area contributed by atoms with Gasteiger partial charge in [-0.3, -0.25) is 9.69 Å². The van der Waals surface area contributed by atoms with Crippen molar-refractivity contribution in [2.75, 3.05) is 13.1 Å². The van der Waals surface area contributed by atoms with Crippen LogP contribution in [0.2, 0.25) is 0 Å². The lowest BCUT2D eigenvalue weighted by atomic mass is 9.79. The van der Waals surface area contributed by atoms with Gasteiger partial charge in [0.2, 0.25) is 5.91 Å². The molecule has 3 aromatic rings. The quantitative estimate of drug-likeness (QED) is 0.522. The lowest BCUT2D eigenvalue weighted by Crippen LogP contribution is -2.38. The third-order valence-electron chi connectivity index (χ3n) is 7.08. The summed E-state index contributed by atoms with van der Waals surface area (Å²) in [6, 6.07) is 19.4. The predicted molar refractivity (Wildman–Crippen MR) is 132 cm³/mol. The molecule has 0 spiro atoms. The van der Waals surface area contributed by atoms with Crippen molar-refractivity contribution >= 4 is 11.9 Å². The number of carbonyl (C=O) groups excluding carboxylic acids is 2. The molecule has 0 saturated carbocycles. The number of fused-ring (bicyclic) bond motifs is 1. The summed E-state index contributed by atoms with van der Waals surface area (Å²) in [5.74, 6) is -1.93. The minimum Gasteiger partial charge on any atom is -0.458 e. The molecular weight excluding hydrogens is 443 g/mol. The van der Waals surface area contributed by atoms with E-state index in [1.807, 2.05) is 6.07 Å². The molecule has 180 valence electrons. The maximum Gasteiger partial charge on any atom is 0.338 e. The van der Waals surface area contributed by atoms with E-state index in [1.165, 1.54) is 30.5 Å². The second-order valence-electron chi connectivity index (χ2n) is 9.46. The van der Waals surface area contributed by atoms with Crippen molar-refractivity contribution in [2.24, 2.45) is 5.73 Å². The van der Waals surface area contributed by atoms with Gasteiger partial charge in [-0.25, -0.2) is 9.18 Å². The summed E-state index contributed by atoms with van der Waals surface area (Å²) in [5.41, 5.74) is 11.1. The number of esters is 1. The Morgan fingerprint density at radius 2 is 1.60 bits per heavy atom. The van der Waals surface area contributed by atoms with E-state index >= 15 is 0 Å². The van der Waals surface area contributed by atoms with Crippen LogP contribution < -0.4 is 5.73 Å². The molecule has 0 radical (unpaired) electrons. The average Bonchev–Trinajstić information content (AvgIpc) is 3.37. The SMILES string of the molecule is NC(=O)C1c2ccc(CN3CCCC3)cc2CCC1OC(=O)c1ccc(-c2ccc(F)cc2)cc1. The van der Waals surface area contributed by atoms with Crippen LogP contribution in [-0.4, -0.2) is 36.0 Å². The summed E-state index contributed by atoms with van der Waals surface area (Å²) in [5, 5.41) is 0. The number of likely N-dealkylation sites (tertiary alicyclic amines) is 1. The molecule has 1 heterocycles. The van der Waals surface area contributed by atoms with Crippen molar-refractivity contribution in [3.8, 4) is 11.1 Å². The highest BCUT2D eigenvalue weighted by atomic mass is 19.1. The van der Waals surface area contributed by atoms with E-state index in [4.69, 9.17) is 10.5 Å². The third kappa shape index (κ3) is 5.13. The maximum absolute atomic E-state index is 13.2. The van der Waals surface area contributed by atoms with Crippen molar-refractivity contribution in [3.63, 3.8) is 0 Å². The van der Waals surface area contributed by atoms with Gasteiger partial charge < -0.3 is 10.5 Å².